The lowest BCUT2D eigenvalue weighted by Gasteiger charge is -2.47. The number of aliphatic hydroxyl groups excluding tert-OH is 4. The first-order chi connectivity index (χ1) is 14.8. The van der Waals surface area contributed by atoms with Gasteiger partial charge in [-0.3, -0.25) is 15.0 Å². The molecule has 13 nitrogen and oxygen atoms in total. The van der Waals surface area contributed by atoms with Crippen molar-refractivity contribution in [1.29, 1.82) is 0 Å². The molecule has 2 fully saturated rings. The third-order valence-corrected chi connectivity index (χ3v) is 5.82. The molecule has 0 aromatic heterocycles. The molecule has 0 amide bonds. The summed E-state index contributed by atoms with van der Waals surface area (Å²) >= 11 is 0. The Bertz CT molecular complexity index is 830. The molecule has 13 heteroatoms. The lowest BCUT2D eigenvalue weighted by atomic mass is 9.91. The molecule has 1 aromatic carbocycles. The van der Waals surface area contributed by atoms with E-state index in [4.69, 9.17) is 5.53 Å². The highest BCUT2D eigenvalue weighted by Gasteiger charge is 2.42. The van der Waals surface area contributed by atoms with Gasteiger partial charge in [0.25, 0.3) is 5.69 Å². The maximum atomic E-state index is 11.2. The van der Waals surface area contributed by atoms with Crippen molar-refractivity contribution >= 4 is 17.1 Å². The number of nitro benzene ring substituents is 1. The van der Waals surface area contributed by atoms with Gasteiger partial charge in [-0.05, 0) is 17.5 Å². The van der Waals surface area contributed by atoms with Gasteiger partial charge >= 0.3 is 0 Å². The third kappa shape index (κ3) is 5.40. The Morgan fingerprint density at radius 1 is 1.26 bits per heavy atom. The molecule has 0 bridgehead atoms. The topological polar surface area (TPSA) is 191 Å². The van der Waals surface area contributed by atoms with Crippen molar-refractivity contribution in [3.63, 3.8) is 0 Å². The first kappa shape index (κ1) is 23.2. The van der Waals surface area contributed by atoms with Crippen molar-refractivity contribution in [2.45, 2.75) is 24.4 Å². The minimum Gasteiger partial charge on any atom is -0.395 e. The molecule has 170 valence electrons. The van der Waals surface area contributed by atoms with E-state index in [-0.39, 0.29) is 24.5 Å². The predicted octanol–water partition coefficient (Wildman–Crippen LogP) is -0.361. The van der Waals surface area contributed by atoms with Crippen LogP contribution in [0.5, 0.6) is 0 Å². The van der Waals surface area contributed by atoms with Crippen molar-refractivity contribution in [3.05, 3.63) is 38.8 Å². The van der Waals surface area contributed by atoms with Crippen molar-refractivity contribution < 1.29 is 25.3 Å². The summed E-state index contributed by atoms with van der Waals surface area (Å²) in [7, 11) is 0. The average Bonchev–Trinajstić information content (AvgIpc) is 2.71. The smallest absolute Gasteiger partial charge is 0.292 e. The Morgan fingerprint density at radius 2 is 2.00 bits per heavy atom. The fourth-order valence-corrected chi connectivity index (χ4v) is 4.18. The van der Waals surface area contributed by atoms with Crippen LogP contribution in [-0.4, -0.2) is 105 Å². The highest BCUT2D eigenvalue weighted by molar-refractivity contribution is 5.66. The molecule has 2 heterocycles. The Hall–Kier alpha value is -2.51. The van der Waals surface area contributed by atoms with Gasteiger partial charge in [0, 0.05) is 55.9 Å². The quantitative estimate of drug-likeness (QED) is 0.113. The number of nitro groups is 1. The van der Waals surface area contributed by atoms with Crippen molar-refractivity contribution in [1.82, 2.24) is 9.80 Å². The Morgan fingerprint density at radius 3 is 2.65 bits per heavy atom. The van der Waals surface area contributed by atoms with Gasteiger partial charge in [-0.2, -0.15) is 0 Å². The summed E-state index contributed by atoms with van der Waals surface area (Å²) in [5.74, 6) is 0.293. The number of rotatable bonds is 9. The fraction of sp³-hybridized carbons (Fsp3) is 0.667. The minimum atomic E-state index is -1.26. The number of benzene rings is 1. The van der Waals surface area contributed by atoms with Crippen LogP contribution in [0.2, 0.25) is 0 Å². The molecule has 0 aliphatic carbocycles. The first-order valence-electron chi connectivity index (χ1n) is 10.0. The number of hydrogen-bond donors (Lipinski definition) is 5. The molecule has 2 aliphatic rings. The molecular weight excluding hydrogens is 410 g/mol. The SMILES string of the molecule is [N-]=[N+]=Nc1ccc(NCCN2CC(CN3C[C@H](O)[C@@H](O)[C@H](O)[C@H]3CO)C2)c([N+](=O)[O-])c1. The standard InChI is InChI=1S/C18H27N7O6/c19-22-21-12-1-2-13(14(5-12)25(30)31)20-3-4-23-6-11(7-23)8-24-9-16(27)18(29)17(28)15(24)10-26/h1-2,5,11,15-18,20,26-29H,3-4,6-10H2/t15-,16+,17-,18-/m1/s1. The van der Waals surface area contributed by atoms with Crippen LogP contribution >= 0.6 is 0 Å². The predicted molar refractivity (Wildman–Crippen MR) is 111 cm³/mol. The molecule has 0 radical (unpaired) electrons. The van der Waals surface area contributed by atoms with Crippen LogP contribution in [0.15, 0.2) is 23.3 Å². The van der Waals surface area contributed by atoms with Gasteiger partial charge in [-0.15, -0.1) is 0 Å². The zero-order chi connectivity index (χ0) is 22.5. The van der Waals surface area contributed by atoms with Crippen LogP contribution in [0.1, 0.15) is 0 Å². The Labute approximate surface area is 178 Å². The minimum absolute atomic E-state index is 0.161. The van der Waals surface area contributed by atoms with E-state index in [0.29, 0.717) is 31.2 Å². The van der Waals surface area contributed by atoms with E-state index in [1.54, 1.807) is 0 Å². The lowest BCUT2D eigenvalue weighted by molar-refractivity contribution is -0.383. The molecule has 2 aliphatic heterocycles. The number of likely N-dealkylation sites (tertiary alicyclic amines) is 2. The highest BCUT2D eigenvalue weighted by Crippen LogP contribution is 2.29. The van der Waals surface area contributed by atoms with Crippen LogP contribution in [0.4, 0.5) is 17.1 Å². The molecule has 0 saturated carbocycles. The zero-order valence-corrected chi connectivity index (χ0v) is 16.9. The zero-order valence-electron chi connectivity index (χ0n) is 16.9. The second-order valence-electron chi connectivity index (χ2n) is 7.95. The highest BCUT2D eigenvalue weighted by atomic mass is 16.6. The average molecular weight is 437 g/mol. The number of aliphatic hydroxyl groups is 4. The number of azide groups is 1. The molecule has 31 heavy (non-hydrogen) atoms. The lowest BCUT2D eigenvalue weighted by Crippen LogP contribution is -2.64. The van der Waals surface area contributed by atoms with Crippen molar-refractivity contribution in [3.8, 4) is 0 Å². The van der Waals surface area contributed by atoms with Gasteiger partial charge in [0.15, 0.2) is 0 Å². The molecular formula is C18H27N7O6. The van der Waals surface area contributed by atoms with Crippen molar-refractivity contribution in [2.75, 3.05) is 51.2 Å². The van der Waals surface area contributed by atoms with Gasteiger partial charge in [-0.1, -0.05) is 11.2 Å². The van der Waals surface area contributed by atoms with Crippen LogP contribution < -0.4 is 5.32 Å². The summed E-state index contributed by atoms with van der Waals surface area (Å²) in [5.41, 5.74) is 8.82. The van der Waals surface area contributed by atoms with Gasteiger partial charge < -0.3 is 30.6 Å². The van der Waals surface area contributed by atoms with E-state index in [1.165, 1.54) is 18.2 Å². The first-order valence-corrected chi connectivity index (χ1v) is 10.0. The molecule has 0 unspecified atom stereocenters. The summed E-state index contributed by atoms with van der Waals surface area (Å²) in [6.45, 7) is 3.19. The van der Waals surface area contributed by atoms with Gasteiger partial charge in [0.05, 0.1) is 23.7 Å². The number of nitrogens with zero attached hydrogens (tertiary/aromatic N) is 6. The van der Waals surface area contributed by atoms with Crippen LogP contribution in [0.25, 0.3) is 10.4 Å². The molecule has 0 spiro atoms. The molecule has 2 saturated heterocycles. The Kier molecular flexibility index (Phi) is 7.62. The fourth-order valence-electron chi connectivity index (χ4n) is 4.18. The van der Waals surface area contributed by atoms with Crippen LogP contribution in [-0.2, 0) is 0 Å². The van der Waals surface area contributed by atoms with E-state index >= 15 is 0 Å². The van der Waals surface area contributed by atoms with Crippen molar-refractivity contribution in [2.24, 2.45) is 11.0 Å². The van der Waals surface area contributed by atoms with E-state index in [1.807, 2.05) is 4.90 Å². The summed E-state index contributed by atoms with van der Waals surface area (Å²) in [6, 6.07) is 3.63. The van der Waals surface area contributed by atoms with E-state index in [2.05, 4.69) is 20.2 Å². The number of piperidine rings is 1. The maximum absolute atomic E-state index is 11.2. The summed E-state index contributed by atoms with van der Waals surface area (Å²) in [5, 5.41) is 56.9. The molecule has 5 N–H and O–H groups in total. The Balaban J connectivity index is 1.45. The largest absolute Gasteiger partial charge is 0.395 e. The number of anilines is 1. The number of hydrogen-bond acceptors (Lipinski definition) is 10. The van der Waals surface area contributed by atoms with E-state index in [9.17, 15) is 30.5 Å². The summed E-state index contributed by atoms with van der Waals surface area (Å²) in [4.78, 5) is 17.3. The normalized spacial score (nSPS) is 27.4. The van der Waals surface area contributed by atoms with Gasteiger partial charge in [0.1, 0.15) is 17.9 Å². The number of β-amino-alcohol motifs (C(OH)–C–C–N with tert-alkyl or cyclic N) is 1. The second-order valence-corrected chi connectivity index (χ2v) is 7.95. The van der Waals surface area contributed by atoms with Crippen LogP contribution in [0.3, 0.4) is 0 Å². The number of nitrogens with one attached hydrogen (secondary N) is 1. The monoisotopic (exact) mass is 437 g/mol. The third-order valence-electron chi connectivity index (χ3n) is 5.82. The molecule has 4 atom stereocenters. The molecule has 3 rings (SSSR count). The van der Waals surface area contributed by atoms with E-state index in [0.717, 1.165) is 13.1 Å². The summed E-state index contributed by atoms with van der Waals surface area (Å²) < 4.78 is 0. The summed E-state index contributed by atoms with van der Waals surface area (Å²) in [6.07, 6.45) is -3.52. The maximum Gasteiger partial charge on any atom is 0.292 e. The van der Waals surface area contributed by atoms with E-state index < -0.39 is 29.3 Å². The van der Waals surface area contributed by atoms with Gasteiger partial charge in [0.2, 0.25) is 0 Å². The molecule has 1 aromatic rings. The van der Waals surface area contributed by atoms with Gasteiger partial charge in [-0.25, -0.2) is 0 Å². The van der Waals surface area contributed by atoms with Crippen LogP contribution in [0, 0.1) is 16.0 Å². The second kappa shape index (κ2) is 10.2.